The Morgan fingerprint density at radius 1 is 1.50 bits per heavy atom. The topological polar surface area (TPSA) is 86.7 Å². The van der Waals surface area contributed by atoms with Crippen molar-refractivity contribution in [1.82, 2.24) is 19.5 Å². The quantitative estimate of drug-likeness (QED) is 0.649. The van der Waals surface area contributed by atoms with Gasteiger partial charge in [0.25, 0.3) is 5.91 Å². The van der Waals surface area contributed by atoms with Crippen molar-refractivity contribution < 1.29 is 4.79 Å². The molecular weight excluding hydrogens is 182 g/mol. The second-order valence-electron chi connectivity index (χ2n) is 2.59. The maximum Gasteiger partial charge on any atom is 0.256 e. The molecule has 0 saturated heterocycles. The van der Waals surface area contributed by atoms with Crippen molar-refractivity contribution in [2.75, 3.05) is 5.73 Å². The van der Waals surface area contributed by atoms with E-state index in [9.17, 15) is 4.79 Å². The van der Waals surface area contributed by atoms with Crippen molar-refractivity contribution in [3.8, 4) is 0 Å². The van der Waals surface area contributed by atoms with E-state index >= 15 is 0 Å². The molecule has 0 saturated carbocycles. The molecule has 0 radical (unpaired) electrons. The molecule has 2 N–H and O–H groups in total. The third kappa shape index (κ3) is 1.05. The minimum atomic E-state index is -0.300. The van der Waals surface area contributed by atoms with Crippen LogP contribution in [0.1, 0.15) is 4.79 Å². The minimum Gasteiger partial charge on any atom is -0.382 e. The summed E-state index contributed by atoms with van der Waals surface area (Å²) in [5, 5.41) is 0. The number of rotatable bonds is 1. The number of carbonyl (C=O) groups excluding carboxylic acids is 1. The molecule has 0 unspecified atom stereocenters. The number of allylic oxidation sites excluding steroid dienone is 1. The summed E-state index contributed by atoms with van der Waals surface area (Å²) in [6.07, 6.45) is 3.81. The van der Waals surface area contributed by atoms with E-state index < -0.39 is 0 Å². The van der Waals surface area contributed by atoms with Gasteiger partial charge in [-0.25, -0.2) is 19.5 Å². The molecule has 2 heterocycles. The predicted molar refractivity (Wildman–Crippen MR) is 50.6 cm³/mol. The first kappa shape index (κ1) is 8.36. The Morgan fingerprint density at radius 3 is 3.00 bits per heavy atom. The molecule has 0 aliphatic rings. The summed E-state index contributed by atoms with van der Waals surface area (Å²) in [5.74, 6) is -0.0452. The predicted octanol–water partition coefficient (Wildman–Crippen LogP) is 0.235. The molecule has 0 atom stereocenters. The van der Waals surface area contributed by atoms with E-state index in [4.69, 9.17) is 5.73 Å². The summed E-state index contributed by atoms with van der Waals surface area (Å²) in [5.41, 5.74) is 6.36. The summed E-state index contributed by atoms with van der Waals surface area (Å²) in [6, 6.07) is 0. The maximum absolute atomic E-state index is 11.3. The van der Waals surface area contributed by atoms with Gasteiger partial charge in [0.1, 0.15) is 12.7 Å². The molecule has 0 spiro atoms. The molecule has 2 rings (SSSR count). The SMILES string of the molecule is C=CC(=O)n1cnc2c(N)ncnc21. The second kappa shape index (κ2) is 2.91. The molecule has 0 bridgehead atoms. The standard InChI is InChI=1S/C8H7N5O/c1-2-5(14)13-4-12-6-7(9)10-3-11-8(6)13/h2-4H,1H2,(H2,9,10,11). The molecule has 0 aliphatic carbocycles. The van der Waals surface area contributed by atoms with E-state index in [2.05, 4.69) is 21.5 Å². The highest BCUT2D eigenvalue weighted by atomic mass is 16.1. The van der Waals surface area contributed by atoms with Crippen LogP contribution < -0.4 is 5.73 Å². The summed E-state index contributed by atoms with van der Waals surface area (Å²) in [6.45, 7) is 3.37. The van der Waals surface area contributed by atoms with Gasteiger partial charge in [-0.2, -0.15) is 0 Å². The average molecular weight is 189 g/mol. The van der Waals surface area contributed by atoms with Crippen LogP contribution >= 0.6 is 0 Å². The third-order valence-corrected chi connectivity index (χ3v) is 1.77. The molecular formula is C8H7N5O. The first-order valence-electron chi connectivity index (χ1n) is 3.84. The summed E-state index contributed by atoms with van der Waals surface area (Å²) in [7, 11) is 0. The zero-order chi connectivity index (χ0) is 10.1. The van der Waals surface area contributed by atoms with E-state index in [1.807, 2.05) is 0 Å². The van der Waals surface area contributed by atoms with E-state index in [1.54, 1.807) is 0 Å². The van der Waals surface area contributed by atoms with Gasteiger partial charge in [-0.05, 0) is 6.08 Å². The number of carbonyl (C=O) groups is 1. The number of hydrogen-bond donors (Lipinski definition) is 1. The van der Waals surface area contributed by atoms with Crippen LogP contribution in [0.4, 0.5) is 5.82 Å². The summed E-state index contributed by atoms with van der Waals surface area (Å²) < 4.78 is 1.26. The molecule has 0 fully saturated rings. The summed E-state index contributed by atoms with van der Waals surface area (Å²) in [4.78, 5) is 22.9. The molecule has 0 aliphatic heterocycles. The van der Waals surface area contributed by atoms with Crippen molar-refractivity contribution in [2.24, 2.45) is 0 Å². The molecule has 2 aromatic heterocycles. The number of nitrogen functional groups attached to an aromatic ring is 1. The highest BCUT2D eigenvalue weighted by Crippen LogP contribution is 2.13. The zero-order valence-corrected chi connectivity index (χ0v) is 7.21. The van der Waals surface area contributed by atoms with Crippen molar-refractivity contribution in [3.63, 3.8) is 0 Å². The lowest BCUT2D eigenvalue weighted by molar-refractivity contribution is 0.0973. The lowest BCUT2D eigenvalue weighted by Gasteiger charge is -1.96. The van der Waals surface area contributed by atoms with E-state index in [-0.39, 0.29) is 11.7 Å². The van der Waals surface area contributed by atoms with Crippen LogP contribution in [0.5, 0.6) is 0 Å². The van der Waals surface area contributed by atoms with Crippen LogP contribution in [-0.4, -0.2) is 25.4 Å². The monoisotopic (exact) mass is 189 g/mol. The molecule has 6 nitrogen and oxygen atoms in total. The Bertz CT molecular complexity index is 515. The fraction of sp³-hybridized carbons (Fsp3) is 0. The van der Waals surface area contributed by atoms with Gasteiger partial charge in [0.05, 0.1) is 0 Å². The van der Waals surface area contributed by atoms with E-state index in [0.717, 1.165) is 0 Å². The maximum atomic E-state index is 11.3. The highest BCUT2D eigenvalue weighted by Gasteiger charge is 2.10. The van der Waals surface area contributed by atoms with Crippen LogP contribution in [0.3, 0.4) is 0 Å². The van der Waals surface area contributed by atoms with Gasteiger partial charge in [-0.1, -0.05) is 6.58 Å². The van der Waals surface area contributed by atoms with Crippen molar-refractivity contribution in [2.45, 2.75) is 0 Å². The third-order valence-electron chi connectivity index (χ3n) is 1.77. The molecule has 0 aromatic carbocycles. The largest absolute Gasteiger partial charge is 0.382 e. The molecule has 14 heavy (non-hydrogen) atoms. The Labute approximate surface area is 79.1 Å². The number of anilines is 1. The number of aromatic nitrogens is 4. The number of nitrogens with zero attached hydrogens (tertiary/aromatic N) is 4. The van der Waals surface area contributed by atoms with Gasteiger partial charge in [0.2, 0.25) is 0 Å². The summed E-state index contributed by atoms with van der Waals surface area (Å²) >= 11 is 0. The Kier molecular flexibility index (Phi) is 1.74. The fourth-order valence-electron chi connectivity index (χ4n) is 1.11. The number of imidazole rings is 1. The Hall–Kier alpha value is -2.24. The fourth-order valence-corrected chi connectivity index (χ4v) is 1.11. The Morgan fingerprint density at radius 2 is 2.29 bits per heavy atom. The van der Waals surface area contributed by atoms with Gasteiger partial charge in [0, 0.05) is 0 Å². The van der Waals surface area contributed by atoms with Gasteiger partial charge in [-0.3, -0.25) is 4.79 Å². The second-order valence-corrected chi connectivity index (χ2v) is 2.59. The van der Waals surface area contributed by atoms with Crippen molar-refractivity contribution in [1.29, 1.82) is 0 Å². The first-order valence-corrected chi connectivity index (χ1v) is 3.84. The van der Waals surface area contributed by atoms with Crippen LogP contribution in [0.25, 0.3) is 11.2 Å². The molecule has 70 valence electrons. The average Bonchev–Trinajstić information content (AvgIpc) is 2.62. The minimum absolute atomic E-state index is 0.255. The molecule has 0 amide bonds. The zero-order valence-electron chi connectivity index (χ0n) is 7.21. The number of fused-ring (bicyclic) bond motifs is 1. The molecule has 6 heteroatoms. The lowest BCUT2D eigenvalue weighted by atomic mass is 10.5. The van der Waals surface area contributed by atoms with Crippen LogP contribution in [0.15, 0.2) is 25.3 Å². The van der Waals surface area contributed by atoms with E-state index in [1.165, 1.54) is 23.3 Å². The number of nitrogens with two attached hydrogens (primary N) is 1. The van der Waals surface area contributed by atoms with Crippen LogP contribution in [0, 0.1) is 0 Å². The van der Waals surface area contributed by atoms with Gasteiger partial charge < -0.3 is 5.73 Å². The normalized spacial score (nSPS) is 10.3. The van der Waals surface area contributed by atoms with Gasteiger partial charge >= 0.3 is 0 Å². The van der Waals surface area contributed by atoms with Crippen LogP contribution in [-0.2, 0) is 0 Å². The molecule has 2 aromatic rings. The first-order chi connectivity index (χ1) is 6.74. The van der Waals surface area contributed by atoms with Gasteiger partial charge in [0.15, 0.2) is 17.0 Å². The van der Waals surface area contributed by atoms with Crippen molar-refractivity contribution >= 4 is 22.9 Å². The van der Waals surface area contributed by atoms with Gasteiger partial charge in [-0.15, -0.1) is 0 Å². The van der Waals surface area contributed by atoms with Crippen LogP contribution in [0.2, 0.25) is 0 Å². The Balaban J connectivity index is 2.75. The van der Waals surface area contributed by atoms with E-state index in [0.29, 0.717) is 11.2 Å². The number of hydrogen-bond acceptors (Lipinski definition) is 5. The highest BCUT2D eigenvalue weighted by molar-refractivity contribution is 5.96. The smallest absolute Gasteiger partial charge is 0.256 e. The lowest BCUT2D eigenvalue weighted by Crippen LogP contribution is -2.06. The van der Waals surface area contributed by atoms with Crippen molar-refractivity contribution in [3.05, 3.63) is 25.3 Å².